The van der Waals surface area contributed by atoms with Crippen molar-refractivity contribution in [3.8, 4) is 0 Å². The molecule has 0 saturated heterocycles. The Morgan fingerprint density at radius 2 is 2.24 bits per heavy atom. The Morgan fingerprint density at radius 3 is 2.95 bits per heavy atom. The minimum absolute atomic E-state index is 0.0112. The molecule has 21 heavy (non-hydrogen) atoms. The standard InChI is InChI=1S/C15H17N3O3/c19-14-5-1-3-10(14)9-17-12-6-7-13(18(20)21)15-11(12)4-2-8-16-15/h2,4,6-8,10,14,17,19H,1,3,5,9H2. The van der Waals surface area contributed by atoms with Gasteiger partial charge in [-0.3, -0.25) is 10.1 Å². The fourth-order valence-corrected chi connectivity index (χ4v) is 2.96. The first-order valence-electron chi connectivity index (χ1n) is 7.11. The average molecular weight is 287 g/mol. The quantitative estimate of drug-likeness (QED) is 0.666. The summed E-state index contributed by atoms with van der Waals surface area (Å²) in [4.78, 5) is 14.8. The van der Waals surface area contributed by atoms with E-state index in [2.05, 4.69) is 10.3 Å². The fraction of sp³-hybridized carbons (Fsp3) is 0.400. The lowest BCUT2D eigenvalue weighted by Crippen LogP contribution is -2.22. The van der Waals surface area contributed by atoms with Crippen molar-refractivity contribution in [1.82, 2.24) is 4.98 Å². The molecule has 0 amide bonds. The zero-order valence-corrected chi connectivity index (χ0v) is 11.5. The number of benzene rings is 1. The first-order valence-corrected chi connectivity index (χ1v) is 7.11. The third kappa shape index (κ3) is 2.67. The van der Waals surface area contributed by atoms with Gasteiger partial charge in [-0.2, -0.15) is 0 Å². The summed E-state index contributed by atoms with van der Waals surface area (Å²) < 4.78 is 0. The van der Waals surface area contributed by atoms with Crippen LogP contribution >= 0.6 is 0 Å². The number of aliphatic hydroxyl groups excluding tert-OH is 1. The maximum Gasteiger partial charge on any atom is 0.295 e. The van der Waals surface area contributed by atoms with Crippen molar-refractivity contribution in [2.45, 2.75) is 25.4 Å². The molecule has 1 heterocycles. The summed E-state index contributed by atoms with van der Waals surface area (Å²) in [7, 11) is 0. The molecular formula is C15H17N3O3. The number of hydrogen-bond acceptors (Lipinski definition) is 5. The van der Waals surface area contributed by atoms with E-state index in [4.69, 9.17) is 0 Å². The van der Waals surface area contributed by atoms with Crippen LogP contribution in [0.15, 0.2) is 30.5 Å². The summed E-state index contributed by atoms with van der Waals surface area (Å²) in [5, 5.41) is 24.9. The summed E-state index contributed by atoms with van der Waals surface area (Å²) >= 11 is 0. The second-order valence-electron chi connectivity index (χ2n) is 5.43. The Kier molecular flexibility index (Phi) is 3.70. The van der Waals surface area contributed by atoms with Gasteiger partial charge in [0.1, 0.15) is 5.52 Å². The van der Waals surface area contributed by atoms with Gasteiger partial charge in [-0.25, -0.2) is 4.98 Å². The van der Waals surface area contributed by atoms with Crippen molar-refractivity contribution in [1.29, 1.82) is 0 Å². The normalized spacial score (nSPS) is 21.6. The van der Waals surface area contributed by atoms with E-state index in [1.54, 1.807) is 18.3 Å². The second kappa shape index (κ2) is 5.65. The molecule has 110 valence electrons. The topological polar surface area (TPSA) is 88.3 Å². The zero-order chi connectivity index (χ0) is 14.8. The molecule has 0 bridgehead atoms. The lowest BCUT2D eigenvalue weighted by Gasteiger charge is -2.17. The molecule has 2 unspecified atom stereocenters. The summed E-state index contributed by atoms with van der Waals surface area (Å²) in [6, 6.07) is 6.77. The number of nitrogens with zero attached hydrogens (tertiary/aromatic N) is 2. The maximum atomic E-state index is 11.0. The number of nitro benzene ring substituents is 1. The van der Waals surface area contributed by atoms with Gasteiger partial charge in [-0.1, -0.05) is 6.42 Å². The summed E-state index contributed by atoms with van der Waals surface area (Å²) in [5.74, 6) is 0.243. The highest BCUT2D eigenvalue weighted by molar-refractivity contribution is 5.96. The highest BCUT2D eigenvalue weighted by Crippen LogP contribution is 2.31. The van der Waals surface area contributed by atoms with Gasteiger partial charge in [-0.05, 0) is 31.0 Å². The van der Waals surface area contributed by atoms with Crippen molar-refractivity contribution in [2.24, 2.45) is 5.92 Å². The second-order valence-corrected chi connectivity index (χ2v) is 5.43. The van der Waals surface area contributed by atoms with Crippen LogP contribution in [0.25, 0.3) is 10.9 Å². The monoisotopic (exact) mass is 287 g/mol. The van der Waals surface area contributed by atoms with Gasteiger partial charge in [0.25, 0.3) is 5.69 Å². The van der Waals surface area contributed by atoms with Gasteiger partial charge in [-0.15, -0.1) is 0 Å². The zero-order valence-electron chi connectivity index (χ0n) is 11.5. The number of pyridine rings is 1. The van der Waals surface area contributed by atoms with E-state index < -0.39 is 4.92 Å². The molecule has 2 atom stereocenters. The molecule has 0 radical (unpaired) electrons. The molecule has 6 nitrogen and oxygen atoms in total. The Morgan fingerprint density at radius 1 is 1.38 bits per heavy atom. The Hall–Kier alpha value is -2.21. The first-order chi connectivity index (χ1) is 10.2. The lowest BCUT2D eigenvalue weighted by atomic mass is 10.1. The molecule has 1 aliphatic rings. The molecule has 0 aliphatic heterocycles. The number of aromatic nitrogens is 1. The molecule has 1 saturated carbocycles. The van der Waals surface area contributed by atoms with Crippen LogP contribution in [0.3, 0.4) is 0 Å². The number of hydrogen-bond donors (Lipinski definition) is 2. The molecule has 1 fully saturated rings. The Labute approximate surface area is 122 Å². The number of anilines is 1. The molecule has 6 heteroatoms. The number of rotatable bonds is 4. The SMILES string of the molecule is O=[N+]([O-])c1ccc(NCC2CCCC2O)c2cccnc12. The van der Waals surface area contributed by atoms with Crippen molar-refractivity contribution in [3.05, 3.63) is 40.6 Å². The third-order valence-electron chi connectivity index (χ3n) is 4.12. The molecule has 3 rings (SSSR count). The molecular weight excluding hydrogens is 270 g/mol. The predicted molar refractivity (Wildman–Crippen MR) is 80.2 cm³/mol. The van der Waals surface area contributed by atoms with Crippen LogP contribution in [0.5, 0.6) is 0 Å². The minimum atomic E-state index is -0.417. The number of non-ortho nitro benzene ring substituents is 1. The van der Waals surface area contributed by atoms with Crippen LogP contribution in [0.2, 0.25) is 0 Å². The molecule has 1 aliphatic carbocycles. The molecule has 0 spiro atoms. The maximum absolute atomic E-state index is 11.0. The number of nitrogens with one attached hydrogen (secondary N) is 1. The van der Waals surface area contributed by atoms with E-state index in [-0.39, 0.29) is 17.7 Å². The predicted octanol–water partition coefficient (Wildman–Crippen LogP) is 2.72. The third-order valence-corrected chi connectivity index (χ3v) is 4.12. The van der Waals surface area contributed by atoms with Crippen LogP contribution in [0, 0.1) is 16.0 Å². The molecule has 2 aromatic rings. The number of aliphatic hydroxyl groups is 1. The van der Waals surface area contributed by atoms with E-state index in [0.717, 1.165) is 30.3 Å². The van der Waals surface area contributed by atoms with E-state index in [0.29, 0.717) is 12.1 Å². The lowest BCUT2D eigenvalue weighted by molar-refractivity contribution is -0.383. The van der Waals surface area contributed by atoms with Gasteiger partial charge < -0.3 is 10.4 Å². The van der Waals surface area contributed by atoms with E-state index in [1.807, 2.05) is 6.07 Å². The van der Waals surface area contributed by atoms with Crippen LogP contribution in [0.4, 0.5) is 11.4 Å². The summed E-state index contributed by atoms with van der Waals surface area (Å²) in [5.41, 5.74) is 1.22. The number of nitro groups is 1. The van der Waals surface area contributed by atoms with Gasteiger partial charge in [0.05, 0.1) is 11.0 Å². The smallest absolute Gasteiger partial charge is 0.295 e. The summed E-state index contributed by atoms with van der Waals surface area (Å²) in [6.07, 6.45) is 4.22. The van der Waals surface area contributed by atoms with Crippen molar-refractivity contribution in [2.75, 3.05) is 11.9 Å². The van der Waals surface area contributed by atoms with Crippen molar-refractivity contribution in [3.63, 3.8) is 0 Å². The van der Waals surface area contributed by atoms with Crippen LogP contribution in [0.1, 0.15) is 19.3 Å². The fourth-order valence-electron chi connectivity index (χ4n) is 2.96. The van der Waals surface area contributed by atoms with Gasteiger partial charge in [0.2, 0.25) is 0 Å². The molecule has 1 aromatic carbocycles. The highest BCUT2D eigenvalue weighted by Gasteiger charge is 2.25. The molecule has 1 aromatic heterocycles. The average Bonchev–Trinajstić information content (AvgIpc) is 2.89. The van der Waals surface area contributed by atoms with Gasteiger partial charge in [0, 0.05) is 35.8 Å². The van der Waals surface area contributed by atoms with Crippen LogP contribution in [-0.2, 0) is 0 Å². The largest absolute Gasteiger partial charge is 0.393 e. The minimum Gasteiger partial charge on any atom is -0.393 e. The van der Waals surface area contributed by atoms with E-state index >= 15 is 0 Å². The van der Waals surface area contributed by atoms with Gasteiger partial charge in [0.15, 0.2) is 0 Å². The summed E-state index contributed by atoms with van der Waals surface area (Å²) in [6.45, 7) is 0.670. The Bertz CT molecular complexity index is 674. The highest BCUT2D eigenvalue weighted by atomic mass is 16.6. The van der Waals surface area contributed by atoms with Crippen LogP contribution in [-0.4, -0.2) is 27.7 Å². The first kappa shape index (κ1) is 13.8. The van der Waals surface area contributed by atoms with E-state index in [1.165, 1.54) is 6.07 Å². The van der Waals surface area contributed by atoms with Crippen molar-refractivity contribution >= 4 is 22.3 Å². The van der Waals surface area contributed by atoms with Gasteiger partial charge >= 0.3 is 0 Å². The van der Waals surface area contributed by atoms with Crippen LogP contribution < -0.4 is 5.32 Å². The van der Waals surface area contributed by atoms with E-state index in [9.17, 15) is 15.2 Å². The Balaban J connectivity index is 1.89. The number of fused-ring (bicyclic) bond motifs is 1. The molecule has 2 N–H and O–H groups in total. The van der Waals surface area contributed by atoms with Crippen molar-refractivity contribution < 1.29 is 10.0 Å².